The van der Waals surface area contributed by atoms with Crippen LogP contribution in [0.5, 0.6) is 0 Å². The first-order chi connectivity index (χ1) is 14.9. The van der Waals surface area contributed by atoms with Crippen molar-refractivity contribution in [2.75, 3.05) is 5.43 Å². The summed E-state index contributed by atoms with van der Waals surface area (Å²) in [6, 6.07) is 15.6. The first-order valence-corrected chi connectivity index (χ1v) is 9.63. The van der Waals surface area contributed by atoms with Gasteiger partial charge in [-0.3, -0.25) is 18.5 Å². The van der Waals surface area contributed by atoms with Crippen LogP contribution in [0.15, 0.2) is 69.3 Å². The minimum absolute atomic E-state index is 0.241. The molecule has 0 spiro atoms. The summed E-state index contributed by atoms with van der Waals surface area (Å²) in [7, 11) is 2.98. The fourth-order valence-electron chi connectivity index (χ4n) is 3.34. The molecule has 2 aromatic carbocycles. The van der Waals surface area contributed by atoms with Crippen molar-refractivity contribution in [2.24, 2.45) is 19.2 Å². The third-order valence-electron chi connectivity index (χ3n) is 5.12. The van der Waals surface area contributed by atoms with E-state index in [0.29, 0.717) is 5.95 Å². The molecule has 0 aliphatic rings. The molecule has 2 aromatic heterocycles. The Morgan fingerprint density at radius 2 is 1.71 bits per heavy atom. The number of hydrogen-bond acceptors (Lipinski definition) is 5. The summed E-state index contributed by atoms with van der Waals surface area (Å²) in [6.07, 6.45) is 0. The molecule has 2 heterocycles. The second-order valence-corrected chi connectivity index (χ2v) is 7.20. The van der Waals surface area contributed by atoms with E-state index in [1.54, 1.807) is 23.7 Å². The molecule has 158 valence electrons. The lowest BCUT2D eigenvalue weighted by atomic mass is 10.1. The van der Waals surface area contributed by atoms with Gasteiger partial charge < -0.3 is 0 Å². The number of fused-ring (bicyclic) bond motifs is 1. The lowest BCUT2D eigenvalue weighted by Gasteiger charge is -2.10. The van der Waals surface area contributed by atoms with Gasteiger partial charge in [0, 0.05) is 14.1 Å². The Bertz CT molecular complexity index is 1400. The number of hydrogen-bond donors (Lipinski definition) is 1. The van der Waals surface area contributed by atoms with E-state index in [1.165, 1.54) is 23.7 Å². The Balaban J connectivity index is 1.86. The molecule has 8 nitrogen and oxygen atoms in total. The van der Waals surface area contributed by atoms with Crippen LogP contribution < -0.4 is 16.7 Å². The molecule has 4 rings (SSSR count). The van der Waals surface area contributed by atoms with E-state index in [0.717, 1.165) is 21.4 Å². The zero-order valence-corrected chi connectivity index (χ0v) is 17.3. The molecule has 0 unspecified atom stereocenters. The summed E-state index contributed by atoms with van der Waals surface area (Å²) in [5.74, 6) is -0.0492. The highest BCUT2D eigenvalue weighted by molar-refractivity contribution is 5.99. The van der Waals surface area contributed by atoms with Crippen molar-refractivity contribution in [3.63, 3.8) is 0 Å². The van der Waals surface area contributed by atoms with Gasteiger partial charge in [0.15, 0.2) is 11.2 Å². The van der Waals surface area contributed by atoms with Gasteiger partial charge in [-0.05, 0) is 30.2 Å². The van der Waals surface area contributed by atoms with Crippen molar-refractivity contribution < 1.29 is 4.39 Å². The molecule has 0 aliphatic carbocycles. The zero-order valence-electron chi connectivity index (χ0n) is 17.3. The van der Waals surface area contributed by atoms with E-state index in [4.69, 9.17) is 0 Å². The van der Waals surface area contributed by atoms with Gasteiger partial charge in [-0.15, -0.1) is 0 Å². The zero-order chi connectivity index (χ0) is 22.1. The van der Waals surface area contributed by atoms with Crippen LogP contribution >= 0.6 is 0 Å². The van der Waals surface area contributed by atoms with Crippen molar-refractivity contribution >= 4 is 22.8 Å². The SMILES string of the molecule is CC(=NNc1nc2c(c(=O)n(C)c(=O)n2C)n1Cc1ccc(F)cc1)c1ccccc1. The number of aromatic nitrogens is 4. The lowest BCUT2D eigenvalue weighted by molar-refractivity contribution is 0.626. The largest absolute Gasteiger partial charge is 0.332 e. The highest BCUT2D eigenvalue weighted by atomic mass is 19.1. The summed E-state index contributed by atoms with van der Waals surface area (Å²) in [6.45, 7) is 2.09. The molecule has 31 heavy (non-hydrogen) atoms. The van der Waals surface area contributed by atoms with Crippen LogP contribution in [0, 0.1) is 5.82 Å². The number of hydrazone groups is 1. The topological polar surface area (TPSA) is 86.2 Å². The summed E-state index contributed by atoms with van der Waals surface area (Å²) >= 11 is 0. The van der Waals surface area contributed by atoms with Crippen molar-refractivity contribution in [1.29, 1.82) is 0 Å². The number of aryl methyl sites for hydroxylation is 1. The predicted octanol–water partition coefficient (Wildman–Crippen LogP) is 2.46. The highest BCUT2D eigenvalue weighted by Crippen LogP contribution is 2.18. The molecule has 1 N–H and O–H groups in total. The molecule has 0 atom stereocenters. The maximum Gasteiger partial charge on any atom is 0.332 e. The van der Waals surface area contributed by atoms with E-state index >= 15 is 0 Å². The minimum Gasteiger partial charge on any atom is -0.298 e. The summed E-state index contributed by atoms with van der Waals surface area (Å²) < 4.78 is 17.3. The maximum absolute atomic E-state index is 13.3. The Morgan fingerprint density at radius 1 is 1.03 bits per heavy atom. The van der Waals surface area contributed by atoms with Crippen LogP contribution in [-0.2, 0) is 20.6 Å². The average Bonchev–Trinajstić information content (AvgIpc) is 3.15. The van der Waals surface area contributed by atoms with Crippen LogP contribution in [0.1, 0.15) is 18.1 Å². The van der Waals surface area contributed by atoms with Crippen molar-refractivity contribution in [3.05, 3.63) is 92.4 Å². The number of nitrogens with one attached hydrogen (secondary N) is 1. The fraction of sp³-hybridized carbons (Fsp3) is 0.182. The monoisotopic (exact) mass is 420 g/mol. The fourth-order valence-corrected chi connectivity index (χ4v) is 3.34. The molecule has 9 heteroatoms. The molecule has 0 saturated carbocycles. The van der Waals surface area contributed by atoms with Crippen LogP contribution in [0.4, 0.5) is 10.3 Å². The number of anilines is 1. The van der Waals surface area contributed by atoms with Crippen LogP contribution in [0.25, 0.3) is 11.2 Å². The van der Waals surface area contributed by atoms with Gasteiger partial charge in [0.2, 0.25) is 5.95 Å². The molecule has 4 aromatic rings. The molecule has 0 saturated heterocycles. The third kappa shape index (κ3) is 3.77. The number of benzene rings is 2. The van der Waals surface area contributed by atoms with Crippen LogP contribution in [0.3, 0.4) is 0 Å². The van der Waals surface area contributed by atoms with Crippen molar-refractivity contribution in [2.45, 2.75) is 13.5 Å². The second-order valence-electron chi connectivity index (χ2n) is 7.20. The number of imidazole rings is 1. The van der Waals surface area contributed by atoms with Gasteiger partial charge in [0.1, 0.15) is 5.82 Å². The van der Waals surface area contributed by atoms with E-state index in [9.17, 15) is 14.0 Å². The van der Waals surface area contributed by atoms with E-state index in [-0.39, 0.29) is 23.5 Å². The first kappa shape index (κ1) is 20.3. The lowest BCUT2D eigenvalue weighted by Crippen LogP contribution is -2.37. The number of rotatable bonds is 5. The molecule has 0 fully saturated rings. The number of nitrogens with zero attached hydrogens (tertiary/aromatic N) is 5. The predicted molar refractivity (Wildman–Crippen MR) is 118 cm³/mol. The summed E-state index contributed by atoms with van der Waals surface area (Å²) in [5.41, 5.74) is 4.90. The average molecular weight is 420 g/mol. The smallest absolute Gasteiger partial charge is 0.298 e. The Morgan fingerprint density at radius 3 is 2.39 bits per heavy atom. The molecule has 0 radical (unpaired) electrons. The minimum atomic E-state index is -0.473. The third-order valence-corrected chi connectivity index (χ3v) is 5.12. The van der Waals surface area contributed by atoms with Crippen LogP contribution in [0.2, 0.25) is 0 Å². The maximum atomic E-state index is 13.3. The number of halogens is 1. The van der Waals surface area contributed by atoms with Crippen molar-refractivity contribution in [3.8, 4) is 0 Å². The van der Waals surface area contributed by atoms with Gasteiger partial charge in [0.25, 0.3) is 5.56 Å². The summed E-state index contributed by atoms with van der Waals surface area (Å²) in [4.78, 5) is 29.7. The second kappa shape index (κ2) is 8.02. The normalized spacial score (nSPS) is 11.8. The van der Waals surface area contributed by atoms with E-state index < -0.39 is 11.2 Å². The van der Waals surface area contributed by atoms with Gasteiger partial charge in [-0.25, -0.2) is 14.6 Å². The van der Waals surface area contributed by atoms with Gasteiger partial charge in [-0.2, -0.15) is 10.1 Å². The summed E-state index contributed by atoms with van der Waals surface area (Å²) in [5, 5.41) is 4.41. The Labute approximate surface area is 176 Å². The Hall–Kier alpha value is -4.01. The highest BCUT2D eigenvalue weighted by Gasteiger charge is 2.19. The van der Waals surface area contributed by atoms with Crippen LogP contribution in [-0.4, -0.2) is 24.4 Å². The molecule has 0 amide bonds. The quantitative estimate of drug-likeness (QED) is 0.397. The van der Waals surface area contributed by atoms with Gasteiger partial charge in [0.05, 0.1) is 12.3 Å². The molecule has 0 bridgehead atoms. The Kier molecular flexibility index (Phi) is 5.24. The van der Waals surface area contributed by atoms with Gasteiger partial charge >= 0.3 is 5.69 Å². The molecule has 0 aliphatic heterocycles. The van der Waals surface area contributed by atoms with Crippen molar-refractivity contribution in [1.82, 2.24) is 18.7 Å². The van der Waals surface area contributed by atoms with E-state index in [1.807, 2.05) is 37.3 Å². The van der Waals surface area contributed by atoms with E-state index in [2.05, 4.69) is 15.5 Å². The van der Waals surface area contributed by atoms with Gasteiger partial charge in [-0.1, -0.05) is 42.5 Å². The molecular formula is C22H21FN6O2. The first-order valence-electron chi connectivity index (χ1n) is 9.63. The molecular weight excluding hydrogens is 399 g/mol. The standard InChI is InChI=1S/C22H21FN6O2/c1-14(16-7-5-4-6-8-16)25-26-21-24-19-18(20(30)28(3)22(31)27(19)2)29(21)13-15-9-11-17(23)12-10-15/h4-12H,13H2,1-3H3,(H,24,26).